The van der Waals surface area contributed by atoms with Gasteiger partial charge in [-0.25, -0.2) is 4.79 Å². The van der Waals surface area contributed by atoms with Gasteiger partial charge in [0.15, 0.2) is 5.96 Å². The first kappa shape index (κ1) is 27.3. The second kappa shape index (κ2) is 13.0. The normalized spacial score (nSPS) is 17.0. The molecule has 1 aromatic rings. The molecule has 0 spiro atoms. The number of carbonyl (C=O) groups is 1. The van der Waals surface area contributed by atoms with Crippen LogP contribution in [0.4, 0.5) is 10.5 Å². The molecule has 1 saturated heterocycles. The molecular weight excluding hydrogens is 509 g/mol. The Morgan fingerprint density at radius 3 is 2.71 bits per heavy atom. The molecule has 2 heterocycles. The number of aryl methyl sites for hydroxylation is 1. The fraction of sp³-hybridized carbons (Fsp3) is 0.762. The minimum Gasteiger partial charge on any atom is -0.444 e. The Kier molecular flexibility index (Phi) is 11.4. The summed E-state index contributed by atoms with van der Waals surface area (Å²) in [7, 11) is 3.71. The maximum Gasteiger partial charge on any atom is 0.410 e. The molecule has 1 fully saturated rings. The number of aromatic nitrogens is 2. The summed E-state index contributed by atoms with van der Waals surface area (Å²) in [6.45, 7) is 11.5. The maximum absolute atomic E-state index is 12.4. The van der Waals surface area contributed by atoms with E-state index in [-0.39, 0.29) is 30.1 Å². The van der Waals surface area contributed by atoms with E-state index >= 15 is 0 Å². The molecule has 0 radical (unpaired) electrons. The van der Waals surface area contributed by atoms with Crippen molar-refractivity contribution in [1.82, 2.24) is 25.3 Å². The van der Waals surface area contributed by atoms with E-state index in [0.29, 0.717) is 25.7 Å². The maximum atomic E-state index is 12.4. The van der Waals surface area contributed by atoms with Crippen molar-refractivity contribution in [1.29, 1.82) is 0 Å². The van der Waals surface area contributed by atoms with Crippen molar-refractivity contribution < 1.29 is 9.53 Å². The lowest BCUT2D eigenvalue weighted by molar-refractivity contribution is 0.0253. The minimum absolute atomic E-state index is 0. The lowest BCUT2D eigenvalue weighted by Gasteiger charge is -2.34. The molecule has 1 unspecified atom stereocenters. The summed E-state index contributed by atoms with van der Waals surface area (Å²) in [6.07, 6.45) is 6.79. The van der Waals surface area contributed by atoms with Gasteiger partial charge < -0.3 is 25.2 Å². The van der Waals surface area contributed by atoms with Crippen molar-refractivity contribution in [3.05, 3.63) is 12.4 Å². The number of aliphatic imine (C=N–C) groups is 1. The zero-order valence-corrected chi connectivity index (χ0v) is 22.2. The Labute approximate surface area is 204 Å². The number of guanidine groups is 1. The van der Waals surface area contributed by atoms with Gasteiger partial charge in [0.05, 0.1) is 11.9 Å². The van der Waals surface area contributed by atoms with E-state index in [4.69, 9.17) is 4.74 Å². The second-order valence-electron chi connectivity index (χ2n) is 8.77. The third kappa shape index (κ3) is 9.53. The topological polar surface area (TPSA) is 87.0 Å². The summed E-state index contributed by atoms with van der Waals surface area (Å²) in [4.78, 5) is 20.9. The minimum atomic E-state index is -0.491. The Morgan fingerprint density at radius 2 is 2.13 bits per heavy atom. The molecule has 1 aromatic heterocycles. The number of amides is 1. The predicted molar refractivity (Wildman–Crippen MR) is 136 cm³/mol. The molecular formula is C21H40IN7O2. The first-order valence-electron chi connectivity index (χ1n) is 10.9. The van der Waals surface area contributed by atoms with Crippen LogP contribution in [0.2, 0.25) is 0 Å². The smallest absolute Gasteiger partial charge is 0.410 e. The molecule has 0 aromatic carbocycles. The standard InChI is InChI=1S/C21H39N7O2.HI/c1-7-11-27(20(29)30-21(2,3)4)13-10-23-19(22-5)25-17-9-8-12-28(15-17)18-14-24-26(6)16-18;/h14,16-17H,7-13,15H2,1-6H3,(H2,22,23,25);1H. The van der Waals surface area contributed by atoms with Crippen molar-refractivity contribution >= 4 is 41.7 Å². The highest BCUT2D eigenvalue weighted by molar-refractivity contribution is 14.0. The Balaban J connectivity index is 0.00000480. The third-order valence-electron chi connectivity index (χ3n) is 4.86. The van der Waals surface area contributed by atoms with Gasteiger partial charge in [0.2, 0.25) is 0 Å². The third-order valence-corrected chi connectivity index (χ3v) is 4.86. The van der Waals surface area contributed by atoms with Gasteiger partial charge in [0, 0.05) is 59.1 Å². The van der Waals surface area contributed by atoms with Crippen LogP contribution in [-0.2, 0) is 11.8 Å². The van der Waals surface area contributed by atoms with Gasteiger partial charge in [-0.3, -0.25) is 9.67 Å². The monoisotopic (exact) mass is 549 g/mol. The van der Waals surface area contributed by atoms with E-state index in [1.807, 2.05) is 38.7 Å². The highest BCUT2D eigenvalue weighted by Gasteiger charge is 2.23. The van der Waals surface area contributed by atoms with E-state index < -0.39 is 5.60 Å². The molecule has 31 heavy (non-hydrogen) atoms. The van der Waals surface area contributed by atoms with Crippen LogP contribution >= 0.6 is 24.0 Å². The number of anilines is 1. The average molecular weight is 550 g/mol. The van der Waals surface area contributed by atoms with Crippen molar-refractivity contribution in [2.24, 2.45) is 12.0 Å². The summed E-state index contributed by atoms with van der Waals surface area (Å²) in [5.74, 6) is 0.758. The number of rotatable bonds is 7. The predicted octanol–water partition coefficient (Wildman–Crippen LogP) is 2.82. The lowest BCUT2D eigenvalue weighted by atomic mass is 10.1. The van der Waals surface area contributed by atoms with Crippen LogP contribution < -0.4 is 15.5 Å². The van der Waals surface area contributed by atoms with Crippen molar-refractivity contribution in [3.8, 4) is 0 Å². The van der Waals surface area contributed by atoms with Crippen LogP contribution in [0.3, 0.4) is 0 Å². The molecule has 2 N–H and O–H groups in total. The van der Waals surface area contributed by atoms with Gasteiger partial charge in [-0.1, -0.05) is 6.92 Å². The zero-order valence-electron chi connectivity index (χ0n) is 19.8. The zero-order chi connectivity index (χ0) is 22.1. The molecule has 0 aliphatic carbocycles. The highest BCUT2D eigenvalue weighted by Crippen LogP contribution is 2.19. The van der Waals surface area contributed by atoms with Gasteiger partial charge in [0.25, 0.3) is 0 Å². The molecule has 10 heteroatoms. The number of hydrogen-bond donors (Lipinski definition) is 2. The largest absolute Gasteiger partial charge is 0.444 e. The molecule has 0 bridgehead atoms. The van der Waals surface area contributed by atoms with Gasteiger partial charge in [-0.05, 0) is 40.0 Å². The fourth-order valence-electron chi connectivity index (χ4n) is 3.49. The van der Waals surface area contributed by atoms with Crippen LogP contribution in [0.5, 0.6) is 0 Å². The summed E-state index contributed by atoms with van der Waals surface area (Å²) in [5.41, 5.74) is 0.661. The van der Waals surface area contributed by atoms with Crippen molar-refractivity contribution in [2.75, 3.05) is 44.7 Å². The average Bonchev–Trinajstić information content (AvgIpc) is 3.11. The van der Waals surface area contributed by atoms with Gasteiger partial charge in [-0.15, -0.1) is 24.0 Å². The summed E-state index contributed by atoms with van der Waals surface area (Å²) < 4.78 is 7.35. The number of nitrogens with zero attached hydrogens (tertiary/aromatic N) is 5. The molecule has 9 nitrogen and oxygen atoms in total. The van der Waals surface area contributed by atoms with E-state index in [1.165, 1.54) is 0 Å². The Morgan fingerprint density at radius 1 is 1.39 bits per heavy atom. The van der Waals surface area contributed by atoms with Crippen molar-refractivity contribution in [3.63, 3.8) is 0 Å². The molecule has 1 atom stereocenters. The fourth-order valence-corrected chi connectivity index (χ4v) is 3.49. The molecule has 1 amide bonds. The summed E-state index contributed by atoms with van der Waals surface area (Å²) >= 11 is 0. The Hall–Kier alpha value is -1.72. The van der Waals surface area contributed by atoms with Crippen LogP contribution in [0.1, 0.15) is 47.0 Å². The van der Waals surface area contributed by atoms with Crippen LogP contribution in [0, 0.1) is 0 Å². The number of halogens is 1. The van der Waals surface area contributed by atoms with Gasteiger partial charge in [-0.2, -0.15) is 5.10 Å². The molecule has 2 rings (SSSR count). The Bertz CT molecular complexity index is 702. The number of ether oxygens (including phenoxy) is 1. The molecule has 0 saturated carbocycles. The van der Waals surface area contributed by atoms with E-state index in [1.54, 1.807) is 11.9 Å². The molecule has 178 valence electrons. The quantitative estimate of drug-likeness (QED) is 0.309. The van der Waals surface area contributed by atoms with Crippen molar-refractivity contribution in [2.45, 2.75) is 58.6 Å². The van der Waals surface area contributed by atoms with E-state index in [9.17, 15) is 4.79 Å². The highest BCUT2D eigenvalue weighted by atomic mass is 127. The molecule has 1 aliphatic heterocycles. The number of nitrogens with one attached hydrogen (secondary N) is 2. The number of carbonyl (C=O) groups excluding carboxylic acids is 1. The molecule has 1 aliphatic rings. The van der Waals surface area contributed by atoms with Gasteiger partial charge in [0.1, 0.15) is 5.60 Å². The number of hydrogen-bond acceptors (Lipinski definition) is 5. The van der Waals surface area contributed by atoms with E-state index in [0.717, 1.165) is 44.0 Å². The van der Waals surface area contributed by atoms with Gasteiger partial charge >= 0.3 is 6.09 Å². The first-order valence-corrected chi connectivity index (χ1v) is 10.9. The van der Waals surface area contributed by atoms with Crippen LogP contribution in [0.25, 0.3) is 0 Å². The second-order valence-corrected chi connectivity index (χ2v) is 8.77. The van der Waals surface area contributed by atoms with Crippen LogP contribution in [0.15, 0.2) is 17.4 Å². The number of piperidine rings is 1. The van der Waals surface area contributed by atoms with E-state index in [2.05, 4.69) is 38.7 Å². The summed E-state index contributed by atoms with van der Waals surface area (Å²) in [6, 6.07) is 0.308. The van der Waals surface area contributed by atoms with Crippen LogP contribution in [-0.4, -0.2) is 78.1 Å². The summed E-state index contributed by atoms with van der Waals surface area (Å²) in [5, 5.41) is 11.1. The SMILES string of the molecule is CCCN(CCNC(=NC)NC1CCCN(c2cnn(C)c2)C1)C(=O)OC(C)(C)C.I. The first-order chi connectivity index (χ1) is 14.2. The lowest BCUT2D eigenvalue weighted by Crippen LogP contribution is -2.52.